The summed E-state index contributed by atoms with van der Waals surface area (Å²) in [4.78, 5) is 7.97. The zero-order valence-electron chi connectivity index (χ0n) is 7.94. The quantitative estimate of drug-likeness (QED) is 0.610. The first-order valence-electron chi connectivity index (χ1n) is 4.17. The summed E-state index contributed by atoms with van der Waals surface area (Å²) >= 11 is 5.64. The third kappa shape index (κ3) is 2.85. The molecule has 0 saturated heterocycles. The van der Waals surface area contributed by atoms with Crippen LogP contribution in [-0.2, 0) is 5.88 Å². The van der Waals surface area contributed by atoms with Crippen LogP contribution in [0.3, 0.4) is 0 Å². The van der Waals surface area contributed by atoms with E-state index in [0.29, 0.717) is 11.6 Å². The molecule has 0 bridgehead atoms. The molecule has 2 N–H and O–H groups in total. The van der Waals surface area contributed by atoms with Crippen LogP contribution >= 0.6 is 11.6 Å². The smallest absolute Gasteiger partial charge is 0.0859 e. The molecular weight excluding hydrogens is 198 g/mol. The Balaban J connectivity index is 2.86. The molecule has 0 saturated carbocycles. The van der Waals surface area contributed by atoms with Gasteiger partial charge in [0.05, 0.1) is 11.4 Å². The second-order valence-electron chi connectivity index (χ2n) is 2.71. The number of rotatable bonds is 3. The van der Waals surface area contributed by atoms with Gasteiger partial charge in [-0.15, -0.1) is 11.6 Å². The molecule has 0 fully saturated rings. The normalized spacial score (nSPS) is 12.3. The van der Waals surface area contributed by atoms with Gasteiger partial charge in [0.1, 0.15) is 0 Å². The lowest BCUT2D eigenvalue weighted by Gasteiger charge is -2.00. The Kier molecular flexibility index (Phi) is 4.13. The maximum absolute atomic E-state index is 5.75. The van der Waals surface area contributed by atoms with Gasteiger partial charge in [-0.2, -0.15) is 0 Å². The van der Waals surface area contributed by atoms with Crippen molar-refractivity contribution in [3.05, 3.63) is 35.7 Å². The summed E-state index contributed by atoms with van der Waals surface area (Å²) in [6.07, 6.45) is 5.06. The minimum absolute atomic E-state index is 0.466. The first-order valence-corrected chi connectivity index (χ1v) is 4.70. The van der Waals surface area contributed by atoms with Crippen LogP contribution in [0.15, 0.2) is 29.4 Å². The lowest BCUT2D eigenvalue weighted by atomic mass is 10.2. The van der Waals surface area contributed by atoms with E-state index in [2.05, 4.69) is 9.98 Å². The van der Waals surface area contributed by atoms with Crippen molar-refractivity contribution in [3.63, 3.8) is 0 Å². The predicted octanol–water partition coefficient (Wildman–Crippen LogP) is 1.82. The fourth-order valence-corrected chi connectivity index (χ4v) is 1.07. The van der Waals surface area contributed by atoms with Gasteiger partial charge < -0.3 is 5.73 Å². The highest BCUT2D eigenvalue weighted by atomic mass is 35.5. The van der Waals surface area contributed by atoms with Gasteiger partial charge in [-0.25, -0.2) is 0 Å². The molecule has 74 valence electrons. The van der Waals surface area contributed by atoms with Crippen LogP contribution < -0.4 is 5.73 Å². The van der Waals surface area contributed by atoms with E-state index >= 15 is 0 Å². The Hall–Kier alpha value is -1.35. The van der Waals surface area contributed by atoms with Crippen molar-refractivity contribution >= 4 is 23.5 Å². The van der Waals surface area contributed by atoms with Crippen molar-refractivity contribution in [1.82, 2.24) is 4.98 Å². The Bertz CT molecular complexity index is 341. The van der Waals surface area contributed by atoms with E-state index < -0.39 is 0 Å². The monoisotopic (exact) mass is 209 g/mol. The van der Waals surface area contributed by atoms with E-state index in [1.54, 1.807) is 25.5 Å². The second-order valence-corrected chi connectivity index (χ2v) is 2.98. The average molecular weight is 210 g/mol. The van der Waals surface area contributed by atoms with Crippen molar-refractivity contribution in [3.8, 4) is 0 Å². The molecule has 14 heavy (non-hydrogen) atoms. The van der Waals surface area contributed by atoms with E-state index in [0.717, 1.165) is 11.3 Å². The minimum atomic E-state index is 0.466. The first-order chi connectivity index (χ1) is 6.77. The number of halogens is 1. The topological polar surface area (TPSA) is 51.3 Å². The van der Waals surface area contributed by atoms with Gasteiger partial charge in [0.15, 0.2) is 0 Å². The SMILES string of the molecule is CN=C/C=C(\N)c1ccc(CCl)cn1. The molecule has 1 aromatic rings. The molecule has 0 aliphatic rings. The van der Waals surface area contributed by atoms with Crippen molar-refractivity contribution in [2.24, 2.45) is 10.7 Å². The van der Waals surface area contributed by atoms with Gasteiger partial charge >= 0.3 is 0 Å². The van der Waals surface area contributed by atoms with E-state index in [9.17, 15) is 0 Å². The maximum atomic E-state index is 5.75. The first kappa shape index (κ1) is 10.7. The number of hydrogen-bond donors (Lipinski definition) is 1. The van der Waals surface area contributed by atoms with Gasteiger partial charge in [0.2, 0.25) is 0 Å². The summed E-state index contributed by atoms with van der Waals surface area (Å²) in [6, 6.07) is 3.74. The van der Waals surface area contributed by atoms with Crippen molar-refractivity contribution in [2.45, 2.75) is 5.88 Å². The highest BCUT2D eigenvalue weighted by Gasteiger charge is 1.97. The molecule has 0 spiro atoms. The van der Waals surface area contributed by atoms with Crippen molar-refractivity contribution in [1.29, 1.82) is 0 Å². The van der Waals surface area contributed by atoms with Gasteiger partial charge in [0, 0.05) is 25.3 Å². The molecule has 1 heterocycles. The molecule has 0 atom stereocenters. The molecule has 1 aromatic heterocycles. The lowest BCUT2D eigenvalue weighted by molar-refractivity contribution is 1.20. The van der Waals surface area contributed by atoms with E-state index in [1.807, 2.05) is 12.1 Å². The summed E-state index contributed by atoms with van der Waals surface area (Å²) in [6.45, 7) is 0. The van der Waals surface area contributed by atoms with Crippen molar-refractivity contribution < 1.29 is 0 Å². The molecule has 0 aliphatic carbocycles. The van der Waals surface area contributed by atoms with E-state index in [1.165, 1.54) is 0 Å². The molecule has 0 aromatic carbocycles. The Morgan fingerprint density at radius 1 is 1.64 bits per heavy atom. The zero-order valence-corrected chi connectivity index (χ0v) is 8.70. The minimum Gasteiger partial charge on any atom is -0.397 e. The third-order valence-electron chi connectivity index (χ3n) is 1.68. The molecular formula is C10H12ClN3. The highest BCUT2D eigenvalue weighted by Crippen LogP contribution is 2.07. The molecule has 0 amide bonds. The fourth-order valence-electron chi connectivity index (χ4n) is 0.915. The van der Waals surface area contributed by atoms with Crippen LogP contribution in [0.4, 0.5) is 0 Å². The summed E-state index contributed by atoms with van der Waals surface area (Å²) < 4.78 is 0. The summed E-state index contributed by atoms with van der Waals surface area (Å²) in [7, 11) is 1.69. The highest BCUT2D eigenvalue weighted by molar-refractivity contribution is 6.17. The molecule has 0 unspecified atom stereocenters. The van der Waals surface area contributed by atoms with E-state index in [-0.39, 0.29) is 0 Å². The van der Waals surface area contributed by atoms with Crippen LogP contribution in [0.2, 0.25) is 0 Å². The fraction of sp³-hybridized carbons (Fsp3) is 0.200. The number of allylic oxidation sites excluding steroid dienone is 1. The van der Waals surface area contributed by atoms with Crippen molar-refractivity contribution in [2.75, 3.05) is 7.05 Å². The second kappa shape index (κ2) is 5.40. The summed E-state index contributed by atoms with van der Waals surface area (Å²) in [5.41, 5.74) is 8.06. The summed E-state index contributed by atoms with van der Waals surface area (Å²) in [5.74, 6) is 0.466. The van der Waals surface area contributed by atoms with Gasteiger partial charge in [-0.05, 0) is 17.7 Å². The van der Waals surface area contributed by atoms with Gasteiger partial charge in [-0.3, -0.25) is 9.98 Å². The molecule has 0 aliphatic heterocycles. The van der Waals surface area contributed by atoms with Crippen LogP contribution in [0.1, 0.15) is 11.3 Å². The van der Waals surface area contributed by atoms with Crippen LogP contribution in [-0.4, -0.2) is 18.2 Å². The Morgan fingerprint density at radius 3 is 2.93 bits per heavy atom. The third-order valence-corrected chi connectivity index (χ3v) is 1.99. The predicted molar refractivity (Wildman–Crippen MR) is 60.4 cm³/mol. The largest absolute Gasteiger partial charge is 0.397 e. The maximum Gasteiger partial charge on any atom is 0.0859 e. The van der Waals surface area contributed by atoms with Gasteiger partial charge in [0.25, 0.3) is 0 Å². The molecule has 0 radical (unpaired) electrons. The number of hydrogen-bond acceptors (Lipinski definition) is 3. The zero-order chi connectivity index (χ0) is 10.4. The number of nitrogens with zero attached hydrogens (tertiary/aromatic N) is 2. The molecule has 4 heteroatoms. The molecule has 3 nitrogen and oxygen atoms in total. The average Bonchev–Trinajstić information content (AvgIpc) is 2.26. The summed E-state index contributed by atoms with van der Waals surface area (Å²) in [5, 5.41) is 0. The van der Waals surface area contributed by atoms with Crippen LogP contribution in [0.25, 0.3) is 5.70 Å². The number of pyridine rings is 1. The standard InChI is InChI=1S/C10H12ClN3/c1-13-5-4-9(12)10-3-2-8(6-11)7-14-10/h2-5,7H,6,12H2,1H3/b9-4-,13-5?. The van der Waals surface area contributed by atoms with Crippen LogP contribution in [0.5, 0.6) is 0 Å². The van der Waals surface area contributed by atoms with E-state index in [4.69, 9.17) is 17.3 Å². The number of alkyl halides is 1. The Labute approximate surface area is 88.3 Å². The number of aliphatic imine (C=N–C) groups is 1. The van der Waals surface area contributed by atoms with Gasteiger partial charge in [-0.1, -0.05) is 6.07 Å². The number of aromatic nitrogens is 1. The molecule has 1 rings (SSSR count). The Morgan fingerprint density at radius 2 is 2.43 bits per heavy atom. The van der Waals surface area contributed by atoms with Crippen LogP contribution in [0, 0.1) is 0 Å². The number of nitrogens with two attached hydrogens (primary N) is 1. The lowest BCUT2D eigenvalue weighted by Crippen LogP contribution is -1.99.